The minimum Gasteiger partial charge on any atom is -0.480 e. The second-order valence-corrected chi connectivity index (χ2v) is 7.30. The van der Waals surface area contributed by atoms with Crippen molar-refractivity contribution in [3.05, 3.63) is 42.2 Å². The molecule has 7 heteroatoms. The Kier molecular flexibility index (Phi) is 5.72. The van der Waals surface area contributed by atoms with E-state index in [2.05, 4.69) is 10.3 Å². The lowest BCUT2D eigenvalue weighted by molar-refractivity contribution is -0.150. The van der Waals surface area contributed by atoms with Crippen LogP contribution in [0, 0.1) is 5.92 Å². The fourth-order valence-electron chi connectivity index (χ4n) is 3.55. The van der Waals surface area contributed by atoms with E-state index >= 15 is 0 Å². The SMILES string of the molecule is CC(C)[C@H](NC(O)c1ccc2cnccc2c1)C(=O)N1CCC[C@H]1C(=O)O. The number of carboxylic acid groups (broad SMARTS) is 1. The molecule has 0 radical (unpaired) electrons. The van der Waals surface area contributed by atoms with Crippen molar-refractivity contribution in [3.8, 4) is 0 Å². The molecule has 1 unspecified atom stereocenters. The standard InChI is InChI=1S/C20H25N3O4/c1-12(2)17(19(25)23-9-3-4-16(23)20(26)27)22-18(24)14-5-6-15-11-21-8-7-13(15)10-14/h5-8,10-12,16-18,22,24H,3-4,9H2,1-2H3,(H,26,27)/t16-,17-,18?/m0/s1. The fraction of sp³-hybridized carbons (Fsp3) is 0.450. The van der Waals surface area contributed by atoms with Crippen LogP contribution in [0.3, 0.4) is 0 Å². The number of carboxylic acids is 1. The monoisotopic (exact) mass is 371 g/mol. The van der Waals surface area contributed by atoms with Crippen molar-refractivity contribution in [1.29, 1.82) is 0 Å². The number of aliphatic hydroxyl groups excluding tert-OH is 1. The Hall–Kier alpha value is -2.51. The number of aliphatic hydroxyl groups is 1. The number of rotatable bonds is 6. The third-order valence-electron chi connectivity index (χ3n) is 5.07. The van der Waals surface area contributed by atoms with Gasteiger partial charge in [0, 0.05) is 24.3 Å². The summed E-state index contributed by atoms with van der Waals surface area (Å²) in [5.41, 5.74) is 0.642. The number of fused-ring (bicyclic) bond motifs is 1. The number of hydrogen-bond donors (Lipinski definition) is 3. The molecule has 1 aliphatic heterocycles. The molecule has 2 heterocycles. The summed E-state index contributed by atoms with van der Waals surface area (Å²) in [6.45, 7) is 4.18. The molecule has 3 N–H and O–H groups in total. The van der Waals surface area contributed by atoms with Crippen LogP contribution < -0.4 is 5.32 Å². The molecule has 1 saturated heterocycles. The van der Waals surface area contributed by atoms with Gasteiger partial charge in [-0.1, -0.05) is 26.0 Å². The molecule has 1 amide bonds. The fourth-order valence-corrected chi connectivity index (χ4v) is 3.55. The quantitative estimate of drug-likeness (QED) is 0.671. The van der Waals surface area contributed by atoms with E-state index in [1.807, 2.05) is 32.0 Å². The first-order chi connectivity index (χ1) is 12.9. The number of likely N-dealkylation sites (tertiary alicyclic amines) is 1. The molecule has 0 aliphatic carbocycles. The summed E-state index contributed by atoms with van der Waals surface area (Å²) >= 11 is 0. The third-order valence-corrected chi connectivity index (χ3v) is 5.07. The molecule has 1 aliphatic rings. The van der Waals surface area contributed by atoms with Gasteiger partial charge in [0.1, 0.15) is 12.3 Å². The zero-order valence-corrected chi connectivity index (χ0v) is 15.5. The Morgan fingerprint density at radius 1 is 1.26 bits per heavy atom. The van der Waals surface area contributed by atoms with Crippen LogP contribution in [0.1, 0.15) is 38.5 Å². The highest BCUT2D eigenvalue weighted by Crippen LogP contribution is 2.23. The van der Waals surface area contributed by atoms with Crippen LogP contribution >= 0.6 is 0 Å². The maximum atomic E-state index is 13.0. The van der Waals surface area contributed by atoms with Gasteiger partial charge in [0.2, 0.25) is 5.91 Å². The summed E-state index contributed by atoms with van der Waals surface area (Å²) in [7, 11) is 0. The molecule has 2 aromatic rings. The summed E-state index contributed by atoms with van der Waals surface area (Å²) in [4.78, 5) is 29.9. The molecular weight excluding hydrogens is 346 g/mol. The Morgan fingerprint density at radius 3 is 2.74 bits per heavy atom. The Balaban J connectivity index is 1.78. The van der Waals surface area contributed by atoms with Gasteiger partial charge in [0.25, 0.3) is 0 Å². The summed E-state index contributed by atoms with van der Waals surface area (Å²) in [5.74, 6) is -1.36. The van der Waals surface area contributed by atoms with Gasteiger partial charge in [-0.15, -0.1) is 0 Å². The average molecular weight is 371 g/mol. The van der Waals surface area contributed by atoms with Crippen LogP contribution in [0.4, 0.5) is 0 Å². The Morgan fingerprint density at radius 2 is 2.04 bits per heavy atom. The molecule has 7 nitrogen and oxygen atoms in total. The van der Waals surface area contributed by atoms with Crippen molar-refractivity contribution in [2.45, 2.75) is 45.0 Å². The van der Waals surface area contributed by atoms with E-state index in [-0.39, 0.29) is 11.8 Å². The molecule has 1 aromatic heterocycles. The van der Waals surface area contributed by atoms with E-state index in [0.29, 0.717) is 24.9 Å². The van der Waals surface area contributed by atoms with Crippen molar-refractivity contribution in [2.24, 2.45) is 5.92 Å². The Labute approximate surface area is 158 Å². The molecule has 27 heavy (non-hydrogen) atoms. The normalized spacial score (nSPS) is 19.4. The van der Waals surface area contributed by atoms with E-state index in [1.165, 1.54) is 4.90 Å². The number of aromatic nitrogens is 1. The highest BCUT2D eigenvalue weighted by molar-refractivity contribution is 5.88. The average Bonchev–Trinajstić information content (AvgIpc) is 3.15. The summed E-state index contributed by atoms with van der Waals surface area (Å²) in [6, 6.07) is 5.92. The number of hydrogen-bond acceptors (Lipinski definition) is 5. The smallest absolute Gasteiger partial charge is 0.326 e. The Bertz CT molecular complexity index is 839. The lowest BCUT2D eigenvalue weighted by Crippen LogP contribution is -2.53. The largest absolute Gasteiger partial charge is 0.480 e. The molecule has 1 fully saturated rings. The van der Waals surface area contributed by atoms with Crippen molar-refractivity contribution < 1.29 is 19.8 Å². The lowest BCUT2D eigenvalue weighted by atomic mass is 10.0. The molecule has 1 aromatic carbocycles. The van der Waals surface area contributed by atoms with Crippen LogP contribution in [0.25, 0.3) is 10.8 Å². The van der Waals surface area contributed by atoms with Crippen LogP contribution in [0.2, 0.25) is 0 Å². The van der Waals surface area contributed by atoms with Gasteiger partial charge in [-0.25, -0.2) is 4.79 Å². The minimum absolute atomic E-state index is 0.105. The van der Waals surface area contributed by atoms with Crippen molar-refractivity contribution in [2.75, 3.05) is 6.54 Å². The maximum Gasteiger partial charge on any atom is 0.326 e. The second kappa shape index (κ2) is 8.02. The number of benzene rings is 1. The van der Waals surface area contributed by atoms with Crippen molar-refractivity contribution >= 4 is 22.6 Å². The number of carbonyl (C=O) groups is 2. The van der Waals surface area contributed by atoms with Gasteiger partial charge in [-0.05, 0) is 41.8 Å². The molecule has 0 spiro atoms. The first kappa shape index (κ1) is 19.3. The third kappa shape index (κ3) is 4.09. The number of carbonyl (C=O) groups excluding carboxylic acids is 1. The first-order valence-corrected chi connectivity index (χ1v) is 9.19. The van der Waals surface area contributed by atoms with Crippen molar-refractivity contribution in [3.63, 3.8) is 0 Å². The lowest BCUT2D eigenvalue weighted by Gasteiger charge is -2.31. The van der Waals surface area contributed by atoms with E-state index in [9.17, 15) is 19.8 Å². The molecule has 3 rings (SSSR count). The van der Waals surface area contributed by atoms with Crippen molar-refractivity contribution in [1.82, 2.24) is 15.2 Å². The molecule has 144 valence electrons. The zero-order valence-electron chi connectivity index (χ0n) is 15.5. The van der Waals surface area contributed by atoms with Gasteiger partial charge >= 0.3 is 5.97 Å². The van der Waals surface area contributed by atoms with Gasteiger partial charge in [0.15, 0.2) is 0 Å². The molecule has 0 bridgehead atoms. The predicted molar refractivity (Wildman–Crippen MR) is 101 cm³/mol. The maximum absolute atomic E-state index is 13.0. The zero-order chi connectivity index (χ0) is 19.6. The number of aliphatic carboxylic acids is 1. The van der Waals surface area contributed by atoms with Crippen LogP contribution in [-0.4, -0.2) is 50.6 Å². The van der Waals surface area contributed by atoms with Gasteiger partial charge < -0.3 is 15.1 Å². The van der Waals surface area contributed by atoms with Gasteiger partial charge in [-0.3, -0.25) is 15.1 Å². The summed E-state index contributed by atoms with van der Waals surface area (Å²) in [6.07, 6.45) is 3.54. The second-order valence-electron chi connectivity index (χ2n) is 7.30. The number of nitrogens with zero attached hydrogens (tertiary/aromatic N) is 2. The summed E-state index contributed by atoms with van der Waals surface area (Å²) in [5, 5.41) is 24.9. The molecule has 3 atom stereocenters. The van der Waals surface area contributed by atoms with E-state index in [1.54, 1.807) is 18.5 Å². The van der Waals surface area contributed by atoms with Gasteiger partial charge in [-0.2, -0.15) is 0 Å². The topological polar surface area (TPSA) is 103 Å². The summed E-state index contributed by atoms with van der Waals surface area (Å²) < 4.78 is 0. The van der Waals surface area contributed by atoms with E-state index in [4.69, 9.17) is 0 Å². The molecule has 0 saturated carbocycles. The number of amides is 1. The van der Waals surface area contributed by atoms with Gasteiger partial charge in [0.05, 0.1) is 6.04 Å². The highest BCUT2D eigenvalue weighted by Gasteiger charge is 2.38. The minimum atomic E-state index is -1.04. The van der Waals surface area contributed by atoms with Crippen LogP contribution in [0.15, 0.2) is 36.7 Å². The predicted octanol–water partition coefficient (Wildman–Crippen LogP) is 1.92. The van der Waals surface area contributed by atoms with Crippen LogP contribution in [-0.2, 0) is 9.59 Å². The molecular formula is C20H25N3O4. The highest BCUT2D eigenvalue weighted by atomic mass is 16.4. The number of pyridine rings is 1. The van der Waals surface area contributed by atoms with Crippen LogP contribution in [0.5, 0.6) is 0 Å². The first-order valence-electron chi connectivity index (χ1n) is 9.19. The van der Waals surface area contributed by atoms with E-state index in [0.717, 1.165) is 10.8 Å². The van der Waals surface area contributed by atoms with E-state index < -0.39 is 24.3 Å². The number of nitrogens with one attached hydrogen (secondary N) is 1.